The number of hydrogen-bond donors (Lipinski definition) is 1. The fraction of sp³-hybridized carbons (Fsp3) is 0.182. The predicted molar refractivity (Wildman–Crippen MR) is 53.6 cm³/mol. The first-order chi connectivity index (χ1) is 6.59. The standard InChI is InChI=1S/C11H10O3/c1-6-7(2)14-10-4-3-8(12)5-9(10)11(6)13/h3-5,12H,1-2H3. The van der Waals surface area contributed by atoms with Gasteiger partial charge in [-0.15, -0.1) is 0 Å². The summed E-state index contributed by atoms with van der Waals surface area (Å²) in [5.41, 5.74) is 1.01. The highest BCUT2D eigenvalue weighted by Gasteiger charge is 2.07. The third-order valence-corrected chi connectivity index (χ3v) is 2.34. The Bertz CT molecular complexity index is 552. The van der Waals surface area contributed by atoms with Gasteiger partial charge in [-0.2, -0.15) is 0 Å². The van der Waals surface area contributed by atoms with Crippen molar-refractivity contribution in [3.8, 4) is 5.75 Å². The van der Waals surface area contributed by atoms with Gasteiger partial charge in [-0.3, -0.25) is 4.79 Å². The number of benzene rings is 1. The lowest BCUT2D eigenvalue weighted by Crippen LogP contribution is -2.06. The Hall–Kier alpha value is -1.77. The summed E-state index contributed by atoms with van der Waals surface area (Å²) in [5, 5.41) is 9.66. The molecule has 0 unspecified atom stereocenters. The molecule has 0 bridgehead atoms. The van der Waals surface area contributed by atoms with E-state index in [1.54, 1.807) is 19.9 Å². The van der Waals surface area contributed by atoms with Crippen LogP contribution in [0.5, 0.6) is 5.75 Å². The monoisotopic (exact) mass is 190 g/mol. The quantitative estimate of drug-likeness (QED) is 0.692. The summed E-state index contributed by atoms with van der Waals surface area (Å²) in [4.78, 5) is 11.7. The second kappa shape index (κ2) is 2.87. The first kappa shape index (κ1) is 8.81. The third-order valence-electron chi connectivity index (χ3n) is 2.34. The van der Waals surface area contributed by atoms with Crippen LogP contribution in [0.3, 0.4) is 0 Å². The predicted octanol–water partition coefficient (Wildman–Crippen LogP) is 2.12. The van der Waals surface area contributed by atoms with Crippen molar-refractivity contribution in [2.75, 3.05) is 0 Å². The molecule has 0 radical (unpaired) electrons. The summed E-state index contributed by atoms with van der Waals surface area (Å²) < 4.78 is 5.42. The van der Waals surface area contributed by atoms with Crippen LogP contribution in [0.25, 0.3) is 11.0 Å². The maximum atomic E-state index is 11.7. The first-order valence-electron chi connectivity index (χ1n) is 4.32. The molecular weight excluding hydrogens is 180 g/mol. The van der Waals surface area contributed by atoms with E-state index in [0.717, 1.165) is 0 Å². The molecule has 0 aliphatic heterocycles. The van der Waals surface area contributed by atoms with Gasteiger partial charge in [0.1, 0.15) is 17.1 Å². The maximum Gasteiger partial charge on any atom is 0.195 e. The van der Waals surface area contributed by atoms with E-state index in [0.29, 0.717) is 22.3 Å². The SMILES string of the molecule is Cc1oc2ccc(O)cc2c(=O)c1C. The first-order valence-corrected chi connectivity index (χ1v) is 4.32. The van der Waals surface area contributed by atoms with E-state index in [2.05, 4.69) is 0 Å². The zero-order chi connectivity index (χ0) is 10.3. The Kier molecular flexibility index (Phi) is 1.81. The second-order valence-corrected chi connectivity index (χ2v) is 3.29. The fourth-order valence-corrected chi connectivity index (χ4v) is 1.39. The van der Waals surface area contributed by atoms with Gasteiger partial charge in [0.2, 0.25) is 0 Å². The average Bonchev–Trinajstić information content (AvgIpc) is 2.16. The topological polar surface area (TPSA) is 50.4 Å². The van der Waals surface area contributed by atoms with Crippen molar-refractivity contribution in [3.05, 3.63) is 39.7 Å². The van der Waals surface area contributed by atoms with Crippen molar-refractivity contribution in [1.82, 2.24) is 0 Å². The Morgan fingerprint density at radius 2 is 2.00 bits per heavy atom. The van der Waals surface area contributed by atoms with Gasteiger partial charge < -0.3 is 9.52 Å². The molecule has 3 heteroatoms. The number of rotatable bonds is 0. The van der Waals surface area contributed by atoms with Crippen LogP contribution in [0, 0.1) is 13.8 Å². The van der Waals surface area contributed by atoms with Crippen molar-refractivity contribution >= 4 is 11.0 Å². The normalized spacial score (nSPS) is 10.7. The third kappa shape index (κ3) is 1.18. The molecular formula is C11H10O3. The Labute approximate surface area is 80.6 Å². The number of fused-ring (bicyclic) bond motifs is 1. The van der Waals surface area contributed by atoms with Gasteiger partial charge in [-0.25, -0.2) is 0 Å². The minimum Gasteiger partial charge on any atom is -0.508 e. The van der Waals surface area contributed by atoms with E-state index in [-0.39, 0.29) is 11.2 Å². The summed E-state index contributed by atoms with van der Waals surface area (Å²) >= 11 is 0. The molecule has 1 N–H and O–H groups in total. The minimum atomic E-state index is -0.0837. The molecule has 72 valence electrons. The molecule has 0 saturated heterocycles. The van der Waals surface area contributed by atoms with Crippen LogP contribution in [-0.2, 0) is 0 Å². The van der Waals surface area contributed by atoms with Crippen LogP contribution in [0.4, 0.5) is 0 Å². The van der Waals surface area contributed by atoms with E-state index in [1.807, 2.05) is 0 Å². The zero-order valence-electron chi connectivity index (χ0n) is 8.00. The van der Waals surface area contributed by atoms with Crippen molar-refractivity contribution in [2.24, 2.45) is 0 Å². The zero-order valence-corrected chi connectivity index (χ0v) is 8.00. The Morgan fingerprint density at radius 1 is 1.29 bits per heavy atom. The van der Waals surface area contributed by atoms with Gasteiger partial charge >= 0.3 is 0 Å². The molecule has 0 saturated carbocycles. The maximum absolute atomic E-state index is 11.7. The van der Waals surface area contributed by atoms with Gasteiger partial charge in [0, 0.05) is 5.56 Å². The van der Waals surface area contributed by atoms with Crippen molar-refractivity contribution < 1.29 is 9.52 Å². The van der Waals surface area contributed by atoms with Gasteiger partial charge in [0.25, 0.3) is 0 Å². The molecule has 0 fully saturated rings. The highest BCUT2D eigenvalue weighted by molar-refractivity contribution is 5.78. The molecule has 0 spiro atoms. The van der Waals surface area contributed by atoms with Crippen LogP contribution in [-0.4, -0.2) is 5.11 Å². The number of hydrogen-bond acceptors (Lipinski definition) is 3. The van der Waals surface area contributed by atoms with Crippen LogP contribution in [0.1, 0.15) is 11.3 Å². The summed E-state index contributed by atoms with van der Waals surface area (Å²) in [7, 11) is 0. The highest BCUT2D eigenvalue weighted by Crippen LogP contribution is 2.19. The van der Waals surface area contributed by atoms with Crippen LogP contribution >= 0.6 is 0 Å². The number of phenols is 1. The number of phenolic OH excluding ortho intramolecular Hbond substituents is 1. The smallest absolute Gasteiger partial charge is 0.195 e. The molecule has 0 atom stereocenters. The molecule has 14 heavy (non-hydrogen) atoms. The van der Waals surface area contributed by atoms with E-state index < -0.39 is 0 Å². The van der Waals surface area contributed by atoms with Crippen LogP contribution < -0.4 is 5.43 Å². The lowest BCUT2D eigenvalue weighted by atomic mass is 10.1. The Balaban J connectivity index is 2.99. The van der Waals surface area contributed by atoms with Gasteiger partial charge in [-0.05, 0) is 32.0 Å². The summed E-state index contributed by atoms with van der Waals surface area (Å²) in [5.74, 6) is 0.696. The van der Waals surface area contributed by atoms with Crippen molar-refractivity contribution in [2.45, 2.75) is 13.8 Å². The molecule has 0 aliphatic carbocycles. The number of aromatic hydroxyl groups is 1. The Morgan fingerprint density at radius 3 is 2.71 bits per heavy atom. The van der Waals surface area contributed by atoms with Crippen LogP contribution in [0.15, 0.2) is 27.4 Å². The number of aryl methyl sites for hydroxylation is 1. The lowest BCUT2D eigenvalue weighted by molar-refractivity contribution is 0.475. The van der Waals surface area contributed by atoms with E-state index in [9.17, 15) is 9.90 Å². The van der Waals surface area contributed by atoms with Crippen molar-refractivity contribution in [1.29, 1.82) is 0 Å². The van der Waals surface area contributed by atoms with Gasteiger partial charge in [-0.1, -0.05) is 0 Å². The lowest BCUT2D eigenvalue weighted by Gasteiger charge is -2.02. The van der Waals surface area contributed by atoms with Gasteiger partial charge in [0.05, 0.1) is 5.39 Å². The summed E-state index contributed by atoms with van der Waals surface area (Å²) in [6.45, 7) is 3.47. The molecule has 0 aliphatic rings. The summed E-state index contributed by atoms with van der Waals surface area (Å²) in [6, 6.07) is 4.52. The van der Waals surface area contributed by atoms with Crippen molar-refractivity contribution in [3.63, 3.8) is 0 Å². The molecule has 2 rings (SSSR count). The van der Waals surface area contributed by atoms with Gasteiger partial charge in [0.15, 0.2) is 5.43 Å². The molecule has 1 aromatic carbocycles. The average molecular weight is 190 g/mol. The molecule has 3 nitrogen and oxygen atoms in total. The molecule has 0 amide bonds. The van der Waals surface area contributed by atoms with E-state index in [1.165, 1.54) is 12.1 Å². The van der Waals surface area contributed by atoms with Crippen LogP contribution in [0.2, 0.25) is 0 Å². The highest BCUT2D eigenvalue weighted by atomic mass is 16.3. The fourth-order valence-electron chi connectivity index (χ4n) is 1.39. The second-order valence-electron chi connectivity index (χ2n) is 3.29. The molecule has 2 aromatic rings. The summed E-state index contributed by atoms with van der Waals surface area (Å²) in [6.07, 6.45) is 0. The van der Waals surface area contributed by atoms with E-state index in [4.69, 9.17) is 4.42 Å². The van der Waals surface area contributed by atoms with E-state index >= 15 is 0 Å². The minimum absolute atomic E-state index is 0.0769. The largest absolute Gasteiger partial charge is 0.508 e. The molecule has 1 aromatic heterocycles. The molecule has 1 heterocycles.